The van der Waals surface area contributed by atoms with Gasteiger partial charge < -0.3 is 21.3 Å². The van der Waals surface area contributed by atoms with Gasteiger partial charge in [0, 0.05) is 37.1 Å². The Morgan fingerprint density at radius 2 is 1.85 bits per heavy atom. The molecule has 1 fully saturated rings. The summed E-state index contributed by atoms with van der Waals surface area (Å²) in [5.74, 6) is 0.740. The van der Waals surface area contributed by atoms with E-state index < -0.39 is 5.91 Å². The predicted molar refractivity (Wildman–Crippen MR) is 128 cm³/mol. The number of hydrogen-bond acceptors (Lipinski definition) is 6. The normalized spacial score (nSPS) is 15.7. The van der Waals surface area contributed by atoms with Crippen molar-refractivity contribution >= 4 is 29.3 Å². The molecule has 0 radical (unpaired) electrons. The van der Waals surface area contributed by atoms with Crippen LogP contribution in [0.25, 0.3) is 0 Å². The number of rotatable bonds is 7. The Bertz CT molecular complexity index is 1110. The highest BCUT2D eigenvalue weighted by Crippen LogP contribution is 2.23. The molecule has 3 aromatic rings. The summed E-state index contributed by atoms with van der Waals surface area (Å²) in [4.78, 5) is 35.1. The smallest absolute Gasteiger partial charge is 0.248 e. The lowest BCUT2D eigenvalue weighted by Crippen LogP contribution is -2.43. The highest BCUT2D eigenvalue weighted by Gasteiger charge is 2.26. The summed E-state index contributed by atoms with van der Waals surface area (Å²) in [6, 6.07) is 16.9. The fraction of sp³-hybridized carbons (Fsp3) is 0.280. The predicted octanol–water partition coefficient (Wildman–Crippen LogP) is 3.16. The van der Waals surface area contributed by atoms with Crippen molar-refractivity contribution in [1.29, 1.82) is 0 Å². The number of piperidine rings is 1. The number of nitrogens with one attached hydrogen (secondary N) is 2. The van der Waals surface area contributed by atoms with Crippen LogP contribution >= 0.6 is 0 Å². The summed E-state index contributed by atoms with van der Waals surface area (Å²) < 4.78 is 0. The second kappa shape index (κ2) is 10.1. The zero-order chi connectivity index (χ0) is 23.2. The molecular weight excluding hydrogens is 416 g/mol. The van der Waals surface area contributed by atoms with Gasteiger partial charge in [-0.2, -0.15) is 4.98 Å². The van der Waals surface area contributed by atoms with E-state index in [0.29, 0.717) is 24.6 Å². The van der Waals surface area contributed by atoms with Crippen molar-refractivity contribution in [3.05, 3.63) is 77.5 Å². The number of anilines is 3. The summed E-state index contributed by atoms with van der Waals surface area (Å²) in [6.07, 6.45) is 3.48. The lowest BCUT2D eigenvalue weighted by atomic mass is 9.97. The molecule has 8 heteroatoms. The van der Waals surface area contributed by atoms with Crippen LogP contribution in [0, 0.1) is 12.8 Å². The SMILES string of the molecule is Cc1ccc(CNC(=O)[C@H]2CCCN(c3ccnc(Nc4ccc(C(N)=O)cc4)n3)C2)cc1. The molecule has 2 amide bonds. The number of aromatic nitrogens is 2. The molecule has 33 heavy (non-hydrogen) atoms. The minimum atomic E-state index is -0.470. The Labute approximate surface area is 193 Å². The molecule has 0 spiro atoms. The molecule has 4 N–H and O–H groups in total. The zero-order valence-electron chi connectivity index (χ0n) is 18.6. The van der Waals surface area contributed by atoms with Crippen molar-refractivity contribution in [3.63, 3.8) is 0 Å². The maximum absolute atomic E-state index is 12.8. The first-order chi connectivity index (χ1) is 16.0. The molecule has 1 aliphatic rings. The van der Waals surface area contributed by atoms with E-state index in [1.807, 2.05) is 25.1 Å². The van der Waals surface area contributed by atoms with E-state index >= 15 is 0 Å². The first-order valence-electron chi connectivity index (χ1n) is 11.1. The molecule has 2 aromatic carbocycles. The van der Waals surface area contributed by atoms with Crippen LogP contribution in [0.15, 0.2) is 60.8 Å². The van der Waals surface area contributed by atoms with Gasteiger partial charge in [-0.15, -0.1) is 0 Å². The zero-order valence-corrected chi connectivity index (χ0v) is 18.6. The minimum Gasteiger partial charge on any atom is -0.366 e. The van der Waals surface area contributed by atoms with Gasteiger partial charge in [0.1, 0.15) is 5.82 Å². The summed E-state index contributed by atoms with van der Waals surface area (Å²) in [7, 11) is 0. The standard InChI is InChI=1S/C25H28N6O2/c1-17-4-6-18(7-5-17)15-28-24(33)20-3-2-14-31(16-20)22-12-13-27-25(30-22)29-21-10-8-19(9-11-21)23(26)32/h4-13,20H,2-3,14-16H2,1H3,(H2,26,32)(H,28,33)(H,27,29,30)/t20-/m0/s1. The third-order valence-corrected chi connectivity index (χ3v) is 5.77. The highest BCUT2D eigenvalue weighted by atomic mass is 16.2. The van der Waals surface area contributed by atoms with Crippen LogP contribution in [0.3, 0.4) is 0 Å². The van der Waals surface area contributed by atoms with Crippen molar-refractivity contribution < 1.29 is 9.59 Å². The van der Waals surface area contributed by atoms with Gasteiger partial charge in [-0.3, -0.25) is 9.59 Å². The molecule has 4 rings (SSSR count). The van der Waals surface area contributed by atoms with Crippen molar-refractivity contribution in [2.45, 2.75) is 26.3 Å². The Kier molecular flexibility index (Phi) is 6.83. The molecule has 1 atom stereocenters. The van der Waals surface area contributed by atoms with E-state index in [1.54, 1.807) is 30.5 Å². The first-order valence-corrected chi connectivity index (χ1v) is 11.1. The minimum absolute atomic E-state index is 0.0715. The molecule has 2 heterocycles. The third kappa shape index (κ3) is 5.85. The third-order valence-electron chi connectivity index (χ3n) is 5.77. The molecular formula is C25H28N6O2. The maximum atomic E-state index is 12.8. The van der Waals surface area contributed by atoms with Gasteiger partial charge in [-0.25, -0.2) is 4.98 Å². The van der Waals surface area contributed by atoms with Crippen molar-refractivity contribution in [1.82, 2.24) is 15.3 Å². The van der Waals surface area contributed by atoms with E-state index in [4.69, 9.17) is 5.73 Å². The van der Waals surface area contributed by atoms with Gasteiger partial charge in [0.25, 0.3) is 0 Å². The Hall–Kier alpha value is -3.94. The molecule has 1 aliphatic heterocycles. The molecule has 0 unspecified atom stereocenters. The van der Waals surface area contributed by atoms with E-state index in [2.05, 4.69) is 37.6 Å². The number of hydrogen-bond donors (Lipinski definition) is 3. The molecule has 170 valence electrons. The first kappa shape index (κ1) is 22.3. The van der Waals surface area contributed by atoms with E-state index in [1.165, 1.54) is 5.56 Å². The molecule has 8 nitrogen and oxygen atoms in total. The quantitative estimate of drug-likeness (QED) is 0.516. The molecule has 1 saturated heterocycles. The van der Waals surface area contributed by atoms with Gasteiger partial charge in [0.15, 0.2) is 0 Å². The van der Waals surface area contributed by atoms with Crippen LogP contribution in [0.5, 0.6) is 0 Å². The van der Waals surface area contributed by atoms with Crippen molar-refractivity contribution in [2.24, 2.45) is 11.7 Å². The molecule has 0 saturated carbocycles. The average molecular weight is 445 g/mol. The van der Waals surface area contributed by atoms with Crippen LogP contribution in [-0.2, 0) is 11.3 Å². The summed E-state index contributed by atoms with van der Waals surface area (Å²) in [5, 5.41) is 6.22. The average Bonchev–Trinajstić information content (AvgIpc) is 2.84. The van der Waals surface area contributed by atoms with Crippen LogP contribution < -0.4 is 21.3 Å². The number of nitrogens with two attached hydrogens (primary N) is 1. The van der Waals surface area contributed by atoms with E-state index in [-0.39, 0.29) is 11.8 Å². The van der Waals surface area contributed by atoms with Crippen LogP contribution in [0.1, 0.15) is 34.3 Å². The maximum Gasteiger partial charge on any atom is 0.248 e. The van der Waals surface area contributed by atoms with Crippen molar-refractivity contribution in [2.75, 3.05) is 23.3 Å². The number of carbonyl (C=O) groups is 2. The van der Waals surface area contributed by atoms with Gasteiger partial charge >= 0.3 is 0 Å². The van der Waals surface area contributed by atoms with Gasteiger partial charge in [0.05, 0.1) is 5.92 Å². The summed E-state index contributed by atoms with van der Waals surface area (Å²) in [5.41, 5.74) is 8.78. The number of nitrogens with zero attached hydrogens (tertiary/aromatic N) is 3. The number of amides is 2. The number of benzene rings is 2. The lowest BCUT2D eigenvalue weighted by molar-refractivity contribution is -0.125. The van der Waals surface area contributed by atoms with E-state index in [0.717, 1.165) is 36.5 Å². The van der Waals surface area contributed by atoms with Gasteiger partial charge in [0.2, 0.25) is 17.8 Å². The number of aryl methyl sites for hydroxylation is 1. The largest absolute Gasteiger partial charge is 0.366 e. The molecule has 0 bridgehead atoms. The summed E-state index contributed by atoms with van der Waals surface area (Å²) in [6.45, 7) is 4.04. The van der Waals surface area contributed by atoms with Gasteiger partial charge in [-0.1, -0.05) is 29.8 Å². The number of primary amides is 1. The monoisotopic (exact) mass is 444 g/mol. The Balaban J connectivity index is 1.36. The van der Waals surface area contributed by atoms with Crippen LogP contribution in [0.2, 0.25) is 0 Å². The molecule has 1 aromatic heterocycles. The second-order valence-electron chi connectivity index (χ2n) is 8.29. The Morgan fingerprint density at radius 3 is 2.58 bits per heavy atom. The van der Waals surface area contributed by atoms with Crippen LogP contribution in [-0.4, -0.2) is 34.9 Å². The topological polar surface area (TPSA) is 113 Å². The van der Waals surface area contributed by atoms with Crippen LogP contribution in [0.4, 0.5) is 17.5 Å². The molecule has 0 aliphatic carbocycles. The lowest BCUT2D eigenvalue weighted by Gasteiger charge is -2.33. The number of carbonyl (C=O) groups excluding carboxylic acids is 2. The highest BCUT2D eigenvalue weighted by molar-refractivity contribution is 5.93. The van der Waals surface area contributed by atoms with Crippen molar-refractivity contribution in [3.8, 4) is 0 Å². The fourth-order valence-corrected chi connectivity index (χ4v) is 3.87. The fourth-order valence-electron chi connectivity index (χ4n) is 3.87. The Morgan fingerprint density at radius 1 is 1.09 bits per heavy atom. The summed E-state index contributed by atoms with van der Waals surface area (Å²) >= 11 is 0. The second-order valence-corrected chi connectivity index (χ2v) is 8.29. The van der Waals surface area contributed by atoms with Gasteiger partial charge in [-0.05, 0) is 55.7 Å². The van der Waals surface area contributed by atoms with E-state index in [9.17, 15) is 9.59 Å².